The summed E-state index contributed by atoms with van der Waals surface area (Å²) in [6, 6.07) is 14.7. The van der Waals surface area contributed by atoms with Gasteiger partial charge in [0.25, 0.3) is 0 Å². The van der Waals surface area contributed by atoms with Crippen molar-refractivity contribution in [2.75, 3.05) is 6.54 Å². The number of ketones is 1. The van der Waals surface area contributed by atoms with E-state index in [-0.39, 0.29) is 48.7 Å². The second kappa shape index (κ2) is 8.58. The van der Waals surface area contributed by atoms with Crippen molar-refractivity contribution in [3.63, 3.8) is 0 Å². The molecule has 1 fully saturated rings. The van der Waals surface area contributed by atoms with Crippen molar-refractivity contribution in [3.05, 3.63) is 71.5 Å². The summed E-state index contributed by atoms with van der Waals surface area (Å²) in [6.45, 7) is 0.698. The average Bonchev–Trinajstić information content (AvgIpc) is 2.99. The van der Waals surface area contributed by atoms with E-state index in [9.17, 15) is 18.8 Å². The fourth-order valence-electron chi connectivity index (χ4n) is 3.17. The van der Waals surface area contributed by atoms with E-state index in [1.807, 2.05) is 6.07 Å². The molecule has 2 aromatic carbocycles. The zero-order valence-corrected chi connectivity index (χ0v) is 14.9. The largest absolute Gasteiger partial charge is 0.351 e. The fraction of sp³-hybridized carbons (Fsp3) is 0.286. The zero-order valence-electron chi connectivity index (χ0n) is 14.9. The molecule has 0 saturated carbocycles. The van der Waals surface area contributed by atoms with E-state index in [0.29, 0.717) is 24.2 Å². The van der Waals surface area contributed by atoms with E-state index in [2.05, 4.69) is 5.32 Å². The van der Waals surface area contributed by atoms with Crippen LogP contribution in [0.15, 0.2) is 54.6 Å². The molecule has 1 N–H and O–H groups in total. The van der Waals surface area contributed by atoms with Gasteiger partial charge in [0.15, 0.2) is 5.78 Å². The summed E-state index contributed by atoms with van der Waals surface area (Å²) >= 11 is 0. The van der Waals surface area contributed by atoms with Gasteiger partial charge in [-0.05, 0) is 17.7 Å². The van der Waals surface area contributed by atoms with E-state index in [1.165, 1.54) is 12.1 Å². The molecule has 1 aliphatic heterocycles. The highest BCUT2D eigenvalue weighted by Crippen LogP contribution is 2.16. The molecular weight excluding hydrogens is 347 g/mol. The van der Waals surface area contributed by atoms with Gasteiger partial charge in [0, 0.05) is 37.9 Å². The van der Waals surface area contributed by atoms with Crippen LogP contribution in [0.2, 0.25) is 0 Å². The molecule has 3 rings (SSSR count). The topological polar surface area (TPSA) is 66.5 Å². The lowest BCUT2D eigenvalue weighted by Crippen LogP contribution is -2.37. The van der Waals surface area contributed by atoms with Crippen LogP contribution < -0.4 is 5.32 Å². The summed E-state index contributed by atoms with van der Waals surface area (Å²) in [4.78, 5) is 37.9. The standard InChI is InChI=1S/C21H21FN2O3/c22-17-8-4-5-15(11-17)13-24-14-18(12-21(24)27)23-20(26)10-9-19(25)16-6-2-1-3-7-16/h1-8,11,18H,9-10,12-14H2,(H,23,26)/t18-/m0/s1. The second-order valence-corrected chi connectivity index (χ2v) is 6.66. The minimum absolute atomic E-state index is 0.0788. The number of nitrogens with one attached hydrogen (secondary N) is 1. The quantitative estimate of drug-likeness (QED) is 0.764. The van der Waals surface area contributed by atoms with Gasteiger partial charge in [0.1, 0.15) is 5.82 Å². The molecule has 0 aliphatic carbocycles. The number of rotatable bonds is 7. The molecule has 0 aromatic heterocycles. The Labute approximate surface area is 157 Å². The molecule has 1 heterocycles. The van der Waals surface area contributed by atoms with Gasteiger partial charge in [-0.15, -0.1) is 0 Å². The lowest BCUT2D eigenvalue weighted by molar-refractivity contribution is -0.128. The number of amides is 2. The molecule has 2 aromatic rings. The van der Waals surface area contributed by atoms with E-state index >= 15 is 0 Å². The molecule has 1 aliphatic rings. The molecule has 0 spiro atoms. The van der Waals surface area contributed by atoms with E-state index in [1.54, 1.807) is 41.3 Å². The Hall–Kier alpha value is -3.02. The Balaban J connectivity index is 1.46. The van der Waals surface area contributed by atoms with Gasteiger partial charge in [0.05, 0.1) is 6.04 Å². The Morgan fingerprint density at radius 3 is 2.59 bits per heavy atom. The predicted molar refractivity (Wildman–Crippen MR) is 98.4 cm³/mol. The van der Waals surface area contributed by atoms with Gasteiger partial charge in [-0.3, -0.25) is 14.4 Å². The maximum atomic E-state index is 13.3. The Morgan fingerprint density at radius 2 is 1.85 bits per heavy atom. The number of nitrogens with zero attached hydrogens (tertiary/aromatic N) is 1. The molecule has 1 saturated heterocycles. The maximum Gasteiger partial charge on any atom is 0.225 e. The number of benzene rings is 2. The van der Waals surface area contributed by atoms with E-state index in [0.717, 1.165) is 0 Å². The smallest absolute Gasteiger partial charge is 0.225 e. The maximum absolute atomic E-state index is 13.3. The zero-order chi connectivity index (χ0) is 19.2. The predicted octanol–water partition coefficient (Wildman–Crippen LogP) is 2.71. The van der Waals surface area contributed by atoms with Crippen molar-refractivity contribution in [1.82, 2.24) is 10.2 Å². The molecular formula is C21H21FN2O3. The molecule has 0 bridgehead atoms. The van der Waals surface area contributed by atoms with Crippen molar-refractivity contribution in [1.29, 1.82) is 0 Å². The number of Topliss-reactive ketones (excluding diaryl/α,β-unsaturated/α-hetero) is 1. The van der Waals surface area contributed by atoms with Crippen LogP contribution in [0.3, 0.4) is 0 Å². The first-order chi connectivity index (χ1) is 13.0. The number of hydrogen-bond donors (Lipinski definition) is 1. The summed E-state index contributed by atoms with van der Waals surface area (Å²) in [5.41, 5.74) is 1.30. The lowest BCUT2D eigenvalue weighted by atomic mass is 10.1. The van der Waals surface area contributed by atoms with Gasteiger partial charge in [-0.25, -0.2) is 4.39 Å². The minimum atomic E-state index is -0.341. The highest BCUT2D eigenvalue weighted by atomic mass is 19.1. The van der Waals surface area contributed by atoms with Gasteiger partial charge in [-0.2, -0.15) is 0 Å². The van der Waals surface area contributed by atoms with Gasteiger partial charge in [-0.1, -0.05) is 42.5 Å². The molecule has 0 radical (unpaired) electrons. The SMILES string of the molecule is O=C(CCC(=O)c1ccccc1)N[C@H]1CC(=O)N(Cc2cccc(F)c2)C1. The van der Waals surface area contributed by atoms with Crippen LogP contribution in [-0.2, 0) is 16.1 Å². The van der Waals surface area contributed by atoms with Crippen LogP contribution in [0.5, 0.6) is 0 Å². The first kappa shape index (κ1) is 18.8. The Kier molecular flexibility index (Phi) is 5.96. The highest BCUT2D eigenvalue weighted by Gasteiger charge is 2.30. The third-order valence-corrected chi connectivity index (χ3v) is 4.52. The number of hydrogen-bond acceptors (Lipinski definition) is 3. The van der Waals surface area contributed by atoms with Gasteiger partial charge in [0.2, 0.25) is 11.8 Å². The minimum Gasteiger partial charge on any atom is -0.351 e. The summed E-state index contributed by atoms with van der Waals surface area (Å²) in [5, 5.41) is 2.82. The second-order valence-electron chi connectivity index (χ2n) is 6.66. The molecule has 5 nitrogen and oxygen atoms in total. The van der Waals surface area contributed by atoms with Crippen LogP contribution in [0.25, 0.3) is 0 Å². The van der Waals surface area contributed by atoms with Crippen molar-refractivity contribution in [2.24, 2.45) is 0 Å². The third-order valence-electron chi connectivity index (χ3n) is 4.52. The highest BCUT2D eigenvalue weighted by molar-refractivity contribution is 5.98. The summed E-state index contributed by atoms with van der Waals surface area (Å²) in [6.07, 6.45) is 0.430. The molecule has 6 heteroatoms. The monoisotopic (exact) mass is 368 g/mol. The number of halogens is 1. The van der Waals surface area contributed by atoms with Gasteiger partial charge < -0.3 is 10.2 Å². The Bertz CT molecular complexity index is 838. The molecule has 0 unspecified atom stereocenters. The van der Waals surface area contributed by atoms with E-state index in [4.69, 9.17) is 0 Å². The van der Waals surface area contributed by atoms with Crippen LogP contribution >= 0.6 is 0 Å². The third kappa shape index (κ3) is 5.23. The van der Waals surface area contributed by atoms with Crippen molar-refractivity contribution >= 4 is 17.6 Å². The van der Waals surface area contributed by atoms with Crippen molar-refractivity contribution < 1.29 is 18.8 Å². The normalized spacial score (nSPS) is 16.4. The Morgan fingerprint density at radius 1 is 1.07 bits per heavy atom. The van der Waals surface area contributed by atoms with Crippen molar-refractivity contribution in [3.8, 4) is 0 Å². The summed E-state index contributed by atoms with van der Waals surface area (Å²) in [7, 11) is 0. The van der Waals surface area contributed by atoms with Crippen LogP contribution in [0, 0.1) is 5.82 Å². The summed E-state index contributed by atoms with van der Waals surface area (Å²) < 4.78 is 13.3. The molecule has 140 valence electrons. The van der Waals surface area contributed by atoms with Crippen molar-refractivity contribution in [2.45, 2.75) is 31.8 Å². The summed E-state index contributed by atoms with van der Waals surface area (Å²) in [5.74, 6) is -0.748. The van der Waals surface area contributed by atoms with Gasteiger partial charge >= 0.3 is 0 Å². The average molecular weight is 368 g/mol. The first-order valence-corrected chi connectivity index (χ1v) is 8.91. The number of likely N-dealkylation sites (tertiary alicyclic amines) is 1. The van der Waals surface area contributed by atoms with Crippen LogP contribution in [0.1, 0.15) is 35.2 Å². The molecule has 27 heavy (non-hydrogen) atoms. The molecule has 2 amide bonds. The lowest BCUT2D eigenvalue weighted by Gasteiger charge is -2.17. The molecule has 1 atom stereocenters. The van der Waals surface area contributed by atoms with Crippen LogP contribution in [-0.4, -0.2) is 35.1 Å². The van der Waals surface area contributed by atoms with E-state index < -0.39 is 0 Å². The number of carbonyl (C=O) groups is 3. The first-order valence-electron chi connectivity index (χ1n) is 8.91. The number of carbonyl (C=O) groups excluding carboxylic acids is 3. The fourth-order valence-corrected chi connectivity index (χ4v) is 3.17. The van der Waals surface area contributed by atoms with Crippen LogP contribution in [0.4, 0.5) is 4.39 Å².